The van der Waals surface area contributed by atoms with Gasteiger partial charge in [0.1, 0.15) is 11.3 Å². The predicted octanol–water partition coefficient (Wildman–Crippen LogP) is 1.43. The summed E-state index contributed by atoms with van der Waals surface area (Å²) in [5.74, 6) is -0.667. The first-order valence-electron chi connectivity index (χ1n) is 12.9. The van der Waals surface area contributed by atoms with Crippen molar-refractivity contribution in [2.45, 2.75) is 58.0 Å². The number of hydrogen-bond acceptors (Lipinski definition) is 7. The maximum atomic E-state index is 12.6. The Morgan fingerprint density at radius 3 is 2.70 bits per heavy atom. The second kappa shape index (κ2) is 11.3. The molecule has 1 saturated heterocycles. The first-order chi connectivity index (χ1) is 17.7. The Balaban J connectivity index is 1.23. The molecular weight excluding hydrogens is 478 g/mol. The third-order valence-electron chi connectivity index (χ3n) is 7.44. The number of hydrogen-bond donors (Lipinski definition) is 3. The first kappa shape index (κ1) is 26.7. The van der Waals surface area contributed by atoms with Gasteiger partial charge in [-0.3, -0.25) is 14.4 Å². The van der Waals surface area contributed by atoms with E-state index in [0.29, 0.717) is 42.6 Å². The van der Waals surface area contributed by atoms with E-state index in [-0.39, 0.29) is 31.5 Å². The molecule has 1 aromatic heterocycles. The van der Waals surface area contributed by atoms with Crippen molar-refractivity contribution in [3.63, 3.8) is 0 Å². The normalized spacial score (nSPS) is 21.3. The highest BCUT2D eigenvalue weighted by Gasteiger charge is 2.43. The number of nitrogens with one attached hydrogen (secondary N) is 2. The molecule has 2 atom stereocenters. The van der Waals surface area contributed by atoms with Crippen LogP contribution in [-0.2, 0) is 20.8 Å². The van der Waals surface area contributed by atoms with Gasteiger partial charge in [0.05, 0.1) is 24.1 Å². The number of amides is 3. The maximum absolute atomic E-state index is 12.6. The van der Waals surface area contributed by atoms with E-state index in [2.05, 4.69) is 10.6 Å². The monoisotopic (exact) mass is 513 g/mol. The van der Waals surface area contributed by atoms with Crippen LogP contribution in [0.2, 0.25) is 0 Å². The van der Waals surface area contributed by atoms with Crippen LogP contribution >= 0.6 is 0 Å². The quantitative estimate of drug-likeness (QED) is 0.454. The summed E-state index contributed by atoms with van der Waals surface area (Å²) in [5.41, 5.74) is 0.851. The van der Waals surface area contributed by atoms with Gasteiger partial charge >= 0.3 is 5.63 Å². The zero-order valence-corrected chi connectivity index (χ0v) is 21.4. The SMILES string of the molecule is CCc1cc(=O)oc2cc(C)cc(OCC(=O)NCC(=O)NCC(=O)N3CC[C@]4(O)CCCC[C@H]4C3)c12. The van der Waals surface area contributed by atoms with Gasteiger partial charge in [-0.15, -0.1) is 0 Å². The van der Waals surface area contributed by atoms with E-state index in [1.807, 2.05) is 13.8 Å². The van der Waals surface area contributed by atoms with Gasteiger partial charge in [-0.2, -0.15) is 0 Å². The van der Waals surface area contributed by atoms with Crippen molar-refractivity contribution < 1.29 is 28.6 Å². The van der Waals surface area contributed by atoms with Crippen LogP contribution in [0.3, 0.4) is 0 Å². The Hall–Kier alpha value is -3.40. The number of ether oxygens (including phenoxy) is 1. The average Bonchev–Trinajstić information content (AvgIpc) is 2.87. The van der Waals surface area contributed by atoms with Gasteiger partial charge in [0.15, 0.2) is 6.61 Å². The largest absolute Gasteiger partial charge is 0.483 e. The van der Waals surface area contributed by atoms with Crippen LogP contribution in [0.25, 0.3) is 11.0 Å². The van der Waals surface area contributed by atoms with Crippen molar-refractivity contribution in [1.82, 2.24) is 15.5 Å². The summed E-state index contributed by atoms with van der Waals surface area (Å²) in [6, 6.07) is 4.92. The fourth-order valence-electron chi connectivity index (χ4n) is 5.38. The smallest absolute Gasteiger partial charge is 0.336 e. The minimum absolute atomic E-state index is 0.0869. The lowest BCUT2D eigenvalue weighted by atomic mass is 9.71. The Bertz CT molecular complexity index is 1240. The highest BCUT2D eigenvalue weighted by atomic mass is 16.5. The lowest BCUT2D eigenvalue weighted by Crippen LogP contribution is -2.56. The number of carbonyl (C=O) groups excluding carboxylic acids is 3. The number of aliphatic hydroxyl groups is 1. The van der Waals surface area contributed by atoms with Gasteiger partial charge in [0, 0.05) is 25.1 Å². The van der Waals surface area contributed by atoms with Crippen LogP contribution in [0.15, 0.2) is 27.4 Å². The van der Waals surface area contributed by atoms with Crippen molar-refractivity contribution in [2.75, 3.05) is 32.8 Å². The fraction of sp³-hybridized carbons (Fsp3) is 0.556. The molecule has 0 radical (unpaired) electrons. The van der Waals surface area contributed by atoms with Crippen molar-refractivity contribution in [3.8, 4) is 5.75 Å². The summed E-state index contributed by atoms with van der Waals surface area (Å²) >= 11 is 0. The molecule has 37 heavy (non-hydrogen) atoms. The fourth-order valence-corrected chi connectivity index (χ4v) is 5.38. The summed E-state index contributed by atoms with van der Waals surface area (Å²) in [4.78, 5) is 50.6. The summed E-state index contributed by atoms with van der Waals surface area (Å²) in [6.07, 6.45) is 4.93. The Morgan fingerprint density at radius 1 is 1.14 bits per heavy atom. The standard InChI is InChI=1S/C27H35N3O7/c1-3-18-12-25(34)37-21-11-17(2)10-20(26(18)21)36-16-23(32)28-13-22(31)29-14-24(33)30-9-8-27(35)7-5-4-6-19(27)15-30/h10-12,19,35H,3-9,13-16H2,1-2H3,(H,28,32)(H,29,31)/t19-,27+/m0/s1. The Morgan fingerprint density at radius 2 is 1.92 bits per heavy atom. The number of nitrogens with zero attached hydrogens (tertiary/aromatic N) is 1. The third kappa shape index (κ3) is 6.30. The molecule has 0 spiro atoms. The minimum Gasteiger partial charge on any atom is -0.483 e. The van der Waals surface area contributed by atoms with Gasteiger partial charge in [-0.05, 0) is 55.9 Å². The van der Waals surface area contributed by atoms with E-state index in [9.17, 15) is 24.3 Å². The van der Waals surface area contributed by atoms with Gasteiger partial charge in [0.2, 0.25) is 11.8 Å². The van der Waals surface area contributed by atoms with Gasteiger partial charge < -0.3 is 29.8 Å². The van der Waals surface area contributed by atoms with Crippen molar-refractivity contribution in [3.05, 3.63) is 39.7 Å². The lowest BCUT2D eigenvalue weighted by Gasteiger charge is -2.47. The second-order valence-corrected chi connectivity index (χ2v) is 10.1. The molecule has 1 aliphatic heterocycles. The molecule has 4 rings (SSSR count). The molecule has 0 bridgehead atoms. The molecule has 2 fully saturated rings. The van der Waals surface area contributed by atoms with E-state index < -0.39 is 23.0 Å². The Kier molecular flexibility index (Phi) is 8.16. The van der Waals surface area contributed by atoms with Gasteiger partial charge in [-0.25, -0.2) is 4.79 Å². The third-order valence-corrected chi connectivity index (χ3v) is 7.44. The zero-order valence-electron chi connectivity index (χ0n) is 21.4. The van der Waals surface area contributed by atoms with E-state index >= 15 is 0 Å². The molecule has 0 unspecified atom stereocenters. The number of carbonyl (C=O) groups is 3. The highest BCUT2D eigenvalue weighted by Crippen LogP contribution is 2.39. The number of piperidine rings is 1. The molecule has 10 heteroatoms. The first-order valence-corrected chi connectivity index (χ1v) is 12.9. The maximum Gasteiger partial charge on any atom is 0.336 e. The summed E-state index contributed by atoms with van der Waals surface area (Å²) < 4.78 is 11.0. The number of aryl methyl sites for hydroxylation is 2. The van der Waals surface area contributed by atoms with E-state index in [4.69, 9.17) is 9.15 Å². The summed E-state index contributed by atoms with van der Waals surface area (Å²) in [6.45, 7) is 3.96. The molecule has 1 aromatic carbocycles. The van der Waals surface area contributed by atoms with Crippen LogP contribution in [0.1, 0.15) is 50.2 Å². The van der Waals surface area contributed by atoms with Crippen molar-refractivity contribution in [2.24, 2.45) is 5.92 Å². The lowest BCUT2D eigenvalue weighted by molar-refractivity contribution is -0.143. The zero-order chi connectivity index (χ0) is 26.6. The summed E-state index contributed by atoms with van der Waals surface area (Å²) in [5, 5.41) is 16.5. The Labute approximate surface area is 215 Å². The minimum atomic E-state index is -0.665. The van der Waals surface area contributed by atoms with Crippen LogP contribution in [0, 0.1) is 12.8 Å². The van der Waals surface area contributed by atoms with Crippen LogP contribution < -0.4 is 21.0 Å². The molecule has 1 aliphatic carbocycles. The molecule has 200 valence electrons. The molecule has 3 N–H and O–H groups in total. The number of fused-ring (bicyclic) bond motifs is 2. The average molecular weight is 514 g/mol. The number of likely N-dealkylation sites (tertiary alicyclic amines) is 1. The van der Waals surface area contributed by atoms with Gasteiger partial charge in [-0.1, -0.05) is 19.8 Å². The van der Waals surface area contributed by atoms with Crippen molar-refractivity contribution >= 4 is 28.7 Å². The topological polar surface area (TPSA) is 138 Å². The molecule has 2 aliphatic rings. The molecular formula is C27H35N3O7. The van der Waals surface area contributed by atoms with Crippen LogP contribution in [0.4, 0.5) is 0 Å². The molecule has 2 heterocycles. The van der Waals surface area contributed by atoms with Gasteiger partial charge in [0.25, 0.3) is 5.91 Å². The highest BCUT2D eigenvalue weighted by molar-refractivity contribution is 5.90. The molecule has 3 amide bonds. The van der Waals surface area contributed by atoms with E-state index in [0.717, 1.165) is 36.8 Å². The van der Waals surface area contributed by atoms with Crippen molar-refractivity contribution in [1.29, 1.82) is 0 Å². The predicted molar refractivity (Wildman–Crippen MR) is 136 cm³/mol. The van der Waals surface area contributed by atoms with E-state index in [1.165, 1.54) is 6.07 Å². The second-order valence-electron chi connectivity index (χ2n) is 10.1. The number of benzene rings is 1. The van der Waals surface area contributed by atoms with Crippen LogP contribution in [-0.4, -0.2) is 66.1 Å². The summed E-state index contributed by atoms with van der Waals surface area (Å²) in [7, 11) is 0. The van der Waals surface area contributed by atoms with Crippen LogP contribution in [0.5, 0.6) is 5.75 Å². The molecule has 1 saturated carbocycles. The molecule has 10 nitrogen and oxygen atoms in total. The number of rotatable bonds is 8. The van der Waals surface area contributed by atoms with E-state index in [1.54, 1.807) is 17.0 Å². The molecule has 2 aromatic rings.